The van der Waals surface area contributed by atoms with Gasteiger partial charge in [0.15, 0.2) is 0 Å². The normalized spacial score (nSPS) is 52.2. The minimum absolute atomic E-state index is 0.0863. The van der Waals surface area contributed by atoms with Gasteiger partial charge in [-0.1, -0.05) is 26.7 Å². The first kappa shape index (κ1) is 16.0. The Hall–Kier alpha value is -0.530. The fraction of sp³-hybridized carbons (Fsp3) is 0.952. The molecule has 0 radical (unpaired) electrons. The van der Waals surface area contributed by atoms with E-state index < -0.39 is 0 Å². The maximum absolute atomic E-state index is 11.4. The lowest BCUT2D eigenvalue weighted by molar-refractivity contribution is -0.146. The summed E-state index contributed by atoms with van der Waals surface area (Å²) in [5.41, 5.74) is 1.04. The van der Waals surface area contributed by atoms with E-state index in [1.807, 2.05) is 0 Å². The third kappa shape index (κ3) is 2.46. The highest BCUT2D eigenvalue weighted by atomic mass is 16.5. The van der Waals surface area contributed by atoms with E-state index in [1.165, 1.54) is 51.4 Å². The topological polar surface area (TPSA) is 26.3 Å². The molecule has 4 fully saturated rings. The number of hydrogen-bond acceptors (Lipinski definition) is 2. The van der Waals surface area contributed by atoms with Crippen molar-refractivity contribution in [2.24, 2.45) is 34.5 Å². The van der Waals surface area contributed by atoms with E-state index in [0.717, 1.165) is 36.5 Å². The van der Waals surface area contributed by atoms with E-state index in [4.69, 9.17) is 4.74 Å². The second-order valence-corrected chi connectivity index (χ2v) is 9.77. The fourth-order valence-corrected chi connectivity index (χ4v) is 7.61. The van der Waals surface area contributed by atoms with E-state index >= 15 is 0 Å². The molecule has 23 heavy (non-hydrogen) atoms. The SMILES string of the molecule is CC(=O)O[C@H]1C[C@@H]2[C@H]3CC[C@@H]4CCCC[C@]4(C)[C@@H]3CC[C@]2(C)C1. The number of carbonyl (C=O) groups excluding carboxylic acids is 1. The summed E-state index contributed by atoms with van der Waals surface area (Å²) in [7, 11) is 0. The molecule has 0 N–H and O–H groups in total. The molecule has 4 aliphatic rings. The van der Waals surface area contributed by atoms with E-state index in [9.17, 15) is 4.79 Å². The molecule has 7 atom stereocenters. The molecule has 0 amide bonds. The lowest BCUT2D eigenvalue weighted by Gasteiger charge is -2.59. The minimum atomic E-state index is -0.0863. The first-order chi connectivity index (χ1) is 10.9. The van der Waals surface area contributed by atoms with Gasteiger partial charge in [0, 0.05) is 6.92 Å². The lowest BCUT2D eigenvalue weighted by Crippen LogP contribution is -2.51. The van der Waals surface area contributed by atoms with Gasteiger partial charge in [0.05, 0.1) is 0 Å². The first-order valence-corrected chi connectivity index (χ1v) is 10.1. The van der Waals surface area contributed by atoms with E-state index in [0.29, 0.717) is 10.8 Å². The van der Waals surface area contributed by atoms with E-state index in [2.05, 4.69) is 13.8 Å². The lowest BCUT2D eigenvalue weighted by atomic mass is 9.45. The highest BCUT2D eigenvalue weighted by Crippen LogP contribution is 2.66. The molecule has 4 aliphatic carbocycles. The number of carbonyl (C=O) groups is 1. The predicted octanol–water partition coefficient (Wildman–Crippen LogP) is 5.35. The number of hydrogen-bond donors (Lipinski definition) is 0. The number of ether oxygens (including phenoxy) is 1. The quantitative estimate of drug-likeness (QED) is 0.609. The van der Waals surface area contributed by atoms with E-state index in [1.54, 1.807) is 6.92 Å². The molecule has 0 aromatic heterocycles. The monoisotopic (exact) mass is 318 g/mol. The van der Waals surface area contributed by atoms with Crippen molar-refractivity contribution in [1.29, 1.82) is 0 Å². The Labute approximate surface area is 141 Å². The Morgan fingerprint density at radius 3 is 2.61 bits per heavy atom. The summed E-state index contributed by atoms with van der Waals surface area (Å²) in [6.07, 6.45) is 14.0. The third-order valence-corrected chi connectivity index (χ3v) is 8.64. The average Bonchev–Trinajstić information content (AvgIpc) is 2.81. The Balaban J connectivity index is 1.57. The summed E-state index contributed by atoms with van der Waals surface area (Å²) in [6, 6.07) is 0. The van der Waals surface area contributed by atoms with Crippen LogP contribution in [0.4, 0.5) is 0 Å². The van der Waals surface area contributed by atoms with Crippen LogP contribution in [-0.2, 0) is 9.53 Å². The number of esters is 1. The van der Waals surface area contributed by atoms with Crippen molar-refractivity contribution in [3.8, 4) is 0 Å². The maximum atomic E-state index is 11.4. The Bertz CT molecular complexity index is 486. The zero-order valence-electron chi connectivity index (χ0n) is 15.3. The van der Waals surface area contributed by atoms with Gasteiger partial charge in [0.2, 0.25) is 0 Å². The summed E-state index contributed by atoms with van der Waals surface area (Å²) in [5, 5.41) is 0. The molecule has 4 saturated carbocycles. The molecule has 0 spiro atoms. The van der Waals surface area contributed by atoms with Crippen molar-refractivity contribution >= 4 is 5.97 Å². The third-order valence-electron chi connectivity index (χ3n) is 8.64. The van der Waals surface area contributed by atoms with Crippen molar-refractivity contribution in [3.05, 3.63) is 0 Å². The second kappa shape index (κ2) is 5.49. The van der Waals surface area contributed by atoms with Gasteiger partial charge in [0.25, 0.3) is 0 Å². The Morgan fingerprint density at radius 1 is 1.00 bits per heavy atom. The van der Waals surface area contributed by atoms with Crippen LogP contribution in [0.2, 0.25) is 0 Å². The van der Waals surface area contributed by atoms with Crippen LogP contribution >= 0.6 is 0 Å². The zero-order chi connectivity index (χ0) is 16.2. The summed E-state index contributed by atoms with van der Waals surface area (Å²) >= 11 is 0. The van der Waals surface area contributed by atoms with Crippen LogP contribution in [0.15, 0.2) is 0 Å². The van der Waals surface area contributed by atoms with Crippen LogP contribution in [0.1, 0.15) is 85.0 Å². The Morgan fingerprint density at radius 2 is 1.83 bits per heavy atom. The maximum Gasteiger partial charge on any atom is 0.302 e. The number of fused-ring (bicyclic) bond motifs is 5. The van der Waals surface area contributed by atoms with Gasteiger partial charge in [-0.25, -0.2) is 0 Å². The largest absolute Gasteiger partial charge is 0.463 e. The molecule has 0 heterocycles. The second-order valence-electron chi connectivity index (χ2n) is 9.77. The first-order valence-electron chi connectivity index (χ1n) is 10.1. The van der Waals surface area contributed by atoms with Gasteiger partial charge in [-0.05, 0) is 85.9 Å². The van der Waals surface area contributed by atoms with Gasteiger partial charge < -0.3 is 4.74 Å². The van der Waals surface area contributed by atoms with Crippen LogP contribution in [0.25, 0.3) is 0 Å². The molecule has 0 aromatic rings. The van der Waals surface area contributed by atoms with Crippen LogP contribution < -0.4 is 0 Å². The highest BCUT2D eigenvalue weighted by Gasteiger charge is 2.59. The number of rotatable bonds is 1. The van der Waals surface area contributed by atoms with Gasteiger partial charge in [0.1, 0.15) is 6.10 Å². The van der Waals surface area contributed by atoms with E-state index in [-0.39, 0.29) is 12.1 Å². The molecular weight excluding hydrogens is 284 g/mol. The van der Waals surface area contributed by atoms with Crippen LogP contribution in [0.3, 0.4) is 0 Å². The van der Waals surface area contributed by atoms with Crippen LogP contribution in [-0.4, -0.2) is 12.1 Å². The van der Waals surface area contributed by atoms with Gasteiger partial charge in [-0.3, -0.25) is 4.79 Å². The molecule has 0 bridgehead atoms. The molecular formula is C21H34O2. The summed E-state index contributed by atoms with van der Waals surface area (Å²) in [4.78, 5) is 11.4. The van der Waals surface area contributed by atoms with Gasteiger partial charge in [-0.2, -0.15) is 0 Å². The van der Waals surface area contributed by atoms with Gasteiger partial charge in [-0.15, -0.1) is 0 Å². The zero-order valence-corrected chi connectivity index (χ0v) is 15.3. The smallest absolute Gasteiger partial charge is 0.302 e. The molecule has 130 valence electrons. The molecule has 0 unspecified atom stereocenters. The molecule has 4 rings (SSSR count). The highest BCUT2D eigenvalue weighted by molar-refractivity contribution is 5.66. The molecule has 2 nitrogen and oxygen atoms in total. The molecule has 0 aromatic carbocycles. The van der Waals surface area contributed by atoms with Gasteiger partial charge >= 0.3 is 5.97 Å². The predicted molar refractivity (Wildman–Crippen MR) is 91.9 cm³/mol. The van der Waals surface area contributed by atoms with Crippen LogP contribution in [0, 0.1) is 34.5 Å². The van der Waals surface area contributed by atoms with Crippen molar-refractivity contribution in [1.82, 2.24) is 0 Å². The van der Waals surface area contributed by atoms with Crippen molar-refractivity contribution < 1.29 is 9.53 Å². The fourth-order valence-electron chi connectivity index (χ4n) is 7.61. The standard InChI is InChI=1S/C21H34O2/c1-14(22)23-16-12-19-17-8-7-15-6-4-5-10-21(15,3)18(17)9-11-20(19,2)13-16/h15-19H,4-13H2,1-3H3/t15-,16-,17-,18+,19+,20+,21-/m0/s1. The molecule has 0 aliphatic heterocycles. The van der Waals surface area contributed by atoms with Crippen molar-refractivity contribution in [3.63, 3.8) is 0 Å². The average molecular weight is 319 g/mol. The van der Waals surface area contributed by atoms with Crippen molar-refractivity contribution in [2.45, 2.75) is 91.1 Å². The van der Waals surface area contributed by atoms with Crippen LogP contribution in [0.5, 0.6) is 0 Å². The van der Waals surface area contributed by atoms with Crippen molar-refractivity contribution in [2.75, 3.05) is 0 Å². The minimum Gasteiger partial charge on any atom is -0.463 e. The summed E-state index contributed by atoms with van der Waals surface area (Å²) < 4.78 is 5.64. The summed E-state index contributed by atoms with van der Waals surface area (Å²) in [6.45, 7) is 6.70. The molecule has 2 heteroatoms. The molecule has 0 saturated heterocycles. The Kier molecular flexibility index (Phi) is 3.81. The summed E-state index contributed by atoms with van der Waals surface area (Å²) in [5.74, 6) is 3.54.